The molecule has 1 aliphatic heterocycles. The average Bonchev–Trinajstić information content (AvgIpc) is 3.16. The van der Waals surface area contributed by atoms with Crippen molar-refractivity contribution in [2.24, 2.45) is 34.5 Å². The predicted octanol–water partition coefficient (Wildman–Crippen LogP) is 9.28. The summed E-state index contributed by atoms with van der Waals surface area (Å²) in [6, 6.07) is 0. The highest BCUT2D eigenvalue weighted by molar-refractivity contribution is 5.78. The molecule has 5 rings (SSSR count). The molecule has 0 amide bonds. The molecule has 0 radical (unpaired) electrons. The number of cyclic esters (lactones) is 1. The normalized spacial score (nSPS) is 29.5. The van der Waals surface area contributed by atoms with Gasteiger partial charge in [0.25, 0.3) is 0 Å². The highest BCUT2D eigenvalue weighted by Gasteiger charge is 2.57. The summed E-state index contributed by atoms with van der Waals surface area (Å²) in [6.45, 7) is 14.1. The molecule has 236 valence electrons. The molecular formula is C33H68O6. The molecule has 5 fully saturated rings. The van der Waals surface area contributed by atoms with Crippen molar-refractivity contribution < 1.29 is 28.6 Å². The maximum Gasteiger partial charge on any atom is 0.312 e. The van der Waals surface area contributed by atoms with E-state index in [-0.39, 0.29) is 92.6 Å². The lowest BCUT2D eigenvalue weighted by Gasteiger charge is -2.59. The van der Waals surface area contributed by atoms with E-state index in [0.29, 0.717) is 18.3 Å². The first-order valence-corrected chi connectivity index (χ1v) is 12.9. The van der Waals surface area contributed by atoms with Crippen molar-refractivity contribution in [2.75, 3.05) is 6.61 Å². The van der Waals surface area contributed by atoms with Crippen LogP contribution in [0.15, 0.2) is 0 Å². The molecule has 1 saturated heterocycles. The van der Waals surface area contributed by atoms with Crippen molar-refractivity contribution in [3.8, 4) is 0 Å². The van der Waals surface area contributed by atoms with Gasteiger partial charge in [0.2, 0.25) is 0 Å². The second-order valence-corrected chi connectivity index (χ2v) is 12.3. The fourth-order valence-corrected chi connectivity index (χ4v) is 5.79. The van der Waals surface area contributed by atoms with Crippen LogP contribution in [0, 0.1) is 34.5 Å². The zero-order valence-corrected chi connectivity index (χ0v) is 21.7. The van der Waals surface area contributed by atoms with Gasteiger partial charge in [0.05, 0.1) is 17.3 Å². The number of hydrogen-bond acceptors (Lipinski definition) is 6. The van der Waals surface area contributed by atoms with Crippen LogP contribution in [0.2, 0.25) is 0 Å². The highest BCUT2D eigenvalue weighted by Crippen LogP contribution is 2.59. The van der Waals surface area contributed by atoms with E-state index >= 15 is 0 Å². The van der Waals surface area contributed by atoms with Crippen LogP contribution >= 0.6 is 0 Å². The van der Waals surface area contributed by atoms with E-state index in [4.69, 9.17) is 14.2 Å². The zero-order chi connectivity index (χ0) is 24.6. The fourth-order valence-electron chi connectivity index (χ4n) is 5.79. The Bertz CT molecular complexity index is 725. The first-order valence-electron chi connectivity index (χ1n) is 12.9. The Labute approximate surface area is 243 Å². The topological polar surface area (TPSA) is 78.9 Å². The largest absolute Gasteiger partial charge is 0.462 e. The summed E-state index contributed by atoms with van der Waals surface area (Å²) in [7, 11) is 0. The molecule has 0 aromatic carbocycles. The van der Waals surface area contributed by atoms with Crippen molar-refractivity contribution in [1.29, 1.82) is 0 Å². The SMILES string of the molecule is C.C.C.C.C.C.CCC(C)(C)C(=O)OC1(C)C2CC3CC(C2)CC1C3.CCC(C)(C)C(=O)OC1COC(=O)C1. The summed E-state index contributed by atoms with van der Waals surface area (Å²) >= 11 is 0. The first-order chi connectivity index (χ1) is 15.3. The van der Waals surface area contributed by atoms with E-state index in [2.05, 4.69) is 13.8 Å². The molecular weight excluding hydrogens is 492 g/mol. The summed E-state index contributed by atoms with van der Waals surface area (Å²) in [5.74, 6) is 2.56. The minimum atomic E-state index is -0.481. The van der Waals surface area contributed by atoms with Gasteiger partial charge in [0, 0.05) is 0 Å². The fraction of sp³-hybridized carbons (Fsp3) is 0.909. The number of carbonyl (C=O) groups is 3. The monoisotopic (exact) mass is 561 g/mol. The Morgan fingerprint density at radius 1 is 0.795 bits per heavy atom. The van der Waals surface area contributed by atoms with Crippen LogP contribution in [-0.2, 0) is 28.6 Å². The Hall–Kier alpha value is -1.59. The molecule has 0 spiro atoms. The number of hydrogen-bond donors (Lipinski definition) is 0. The van der Waals surface area contributed by atoms with Crippen molar-refractivity contribution in [3.05, 3.63) is 0 Å². The van der Waals surface area contributed by atoms with E-state index in [0.717, 1.165) is 18.3 Å². The van der Waals surface area contributed by atoms with Crippen molar-refractivity contribution >= 4 is 17.9 Å². The van der Waals surface area contributed by atoms with Gasteiger partial charge >= 0.3 is 17.9 Å². The van der Waals surface area contributed by atoms with Crippen molar-refractivity contribution in [2.45, 2.75) is 156 Å². The van der Waals surface area contributed by atoms with Gasteiger partial charge in [-0.3, -0.25) is 14.4 Å². The van der Waals surface area contributed by atoms with Gasteiger partial charge in [0.1, 0.15) is 18.3 Å². The lowest BCUT2D eigenvalue weighted by Crippen LogP contribution is -2.58. The Morgan fingerprint density at radius 2 is 1.21 bits per heavy atom. The number of ether oxygens (including phenoxy) is 3. The maximum absolute atomic E-state index is 12.5. The van der Waals surface area contributed by atoms with Gasteiger partial charge in [-0.2, -0.15) is 0 Å². The molecule has 4 bridgehead atoms. The standard InChI is InChI=1S/C17H28O2.C10H16O4.6CH4/c1-5-16(2,3)15(18)19-17(4)13-7-11-6-12(9-13)10-14(17)8-11;1-4-10(2,3)9(12)14-7-5-8(11)13-6-7;;;;;;/h11-14H,5-10H2,1-4H3;7H,4-6H2,1-3H3;6*1H4. The first kappa shape index (κ1) is 44.4. The second-order valence-electron chi connectivity index (χ2n) is 12.3. The quantitative estimate of drug-likeness (QED) is 0.238. The average molecular weight is 561 g/mol. The van der Waals surface area contributed by atoms with Crippen LogP contribution in [0.4, 0.5) is 0 Å². The van der Waals surface area contributed by atoms with Crippen LogP contribution in [0.1, 0.15) is 144 Å². The zero-order valence-electron chi connectivity index (χ0n) is 21.7. The summed E-state index contributed by atoms with van der Waals surface area (Å²) in [5, 5.41) is 0. The van der Waals surface area contributed by atoms with Crippen molar-refractivity contribution in [3.63, 3.8) is 0 Å². The van der Waals surface area contributed by atoms with E-state index in [1.165, 1.54) is 32.1 Å². The molecule has 0 aromatic rings. The predicted molar refractivity (Wildman–Crippen MR) is 166 cm³/mol. The van der Waals surface area contributed by atoms with Gasteiger partial charge in [-0.1, -0.05) is 58.4 Å². The van der Waals surface area contributed by atoms with Gasteiger partial charge in [-0.05, 0) is 103 Å². The summed E-state index contributed by atoms with van der Waals surface area (Å²) in [5.41, 5.74) is -0.986. The molecule has 4 saturated carbocycles. The number of carbonyl (C=O) groups excluding carboxylic acids is 3. The third kappa shape index (κ3) is 9.78. The lowest BCUT2D eigenvalue weighted by atomic mass is 9.50. The van der Waals surface area contributed by atoms with E-state index in [1.54, 1.807) is 0 Å². The molecule has 0 aromatic heterocycles. The summed E-state index contributed by atoms with van der Waals surface area (Å²) in [4.78, 5) is 34.8. The summed E-state index contributed by atoms with van der Waals surface area (Å²) < 4.78 is 16.0. The molecule has 1 unspecified atom stereocenters. The molecule has 6 nitrogen and oxygen atoms in total. The smallest absolute Gasteiger partial charge is 0.312 e. The third-order valence-electron chi connectivity index (χ3n) is 9.04. The maximum atomic E-state index is 12.5. The Balaban J connectivity index is -0.000000282. The molecule has 5 aliphatic rings. The molecule has 4 aliphatic carbocycles. The van der Waals surface area contributed by atoms with Crippen LogP contribution < -0.4 is 0 Å². The highest BCUT2D eigenvalue weighted by atomic mass is 16.6. The van der Waals surface area contributed by atoms with E-state index in [1.807, 2.05) is 34.6 Å². The molecule has 1 heterocycles. The van der Waals surface area contributed by atoms with E-state index in [9.17, 15) is 14.4 Å². The minimum Gasteiger partial charge on any atom is -0.462 e. The van der Waals surface area contributed by atoms with E-state index < -0.39 is 5.41 Å². The third-order valence-corrected chi connectivity index (χ3v) is 9.04. The number of esters is 3. The Morgan fingerprint density at radius 3 is 1.56 bits per heavy atom. The van der Waals surface area contributed by atoms with Gasteiger partial charge in [0.15, 0.2) is 0 Å². The molecule has 39 heavy (non-hydrogen) atoms. The van der Waals surface area contributed by atoms with Crippen LogP contribution in [-0.4, -0.2) is 36.2 Å². The summed E-state index contributed by atoms with van der Waals surface area (Å²) in [6.07, 6.45) is 7.99. The molecule has 1 atom stereocenters. The van der Waals surface area contributed by atoms with Gasteiger partial charge < -0.3 is 14.2 Å². The van der Waals surface area contributed by atoms with Crippen LogP contribution in [0.5, 0.6) is 0 Å². The second kappa shape index (κ2) is 16.6. The van der Waals surface area contributed by atoms with Crippen LogP contribution in [0.3, 0.4) is 0 Å². The number of rotatable bonds is 6. The van der Waals surface area contributed by atoms with Crippen LogP contribution in [0.25, 0.3) is 0 Å². The lowest BCUT2D eigenvalue weighted by molar-refractivity contribution is -0.211. The Kier molecular flexibility index (Phi) is 18.9. The van der Waals surface area contributed by atoms with Crippen molar-refractivity contribution in [1.82, 2.24) is 0 Å². The van der Waals surface area contributed by atoms with Gasteiger partial charge in [-0.25, -0.2) is 0 Å². The molecule has 0 N–H and O–H groups in total. The molecule has 6 heteroatoms. The van der Waals surface area contributed by atoms with Gasteiger partial charge in [-0.15, -0.1) is 0 Å². The minimum absolute atomic E-state index is 0.